The van der Waals surface area contributed by atoms with E-state index >= 15 is 0 Å². The van der Waals surface area contributed by atoms with Crippen molar-refractivity contribution in [3.8, 4) is 5.75 Å². The molecule has 1 saturated heterocycles. The van der Waals surface area contributed by atoms with Crippen molar-refractivity contribution in [1.29, 1.82) is 0 Å². The monoisotopic (exact) mass is 381 g/mol. The number of ether oxygens (including phenoxy) is 1. The molecule has 1 aliphatic rings. The Kier molecular flexibility index (Phi) is 4.68. The molecule has 1 unspecified atom stereocenters. The lowest BCUT2D eigenvalue weighted by Crippen LogP contribution is -2.21. The summed E-state index contributed by atoms with van der Waals surface area (Å²) in [5.41, 5.74) is 7.92. The number of fused-ring (bicyclic) bond motifs is 3. The predicted octanol–water partition coefficient (Wildman–Crippen LogP) is 2.62. The summed E-state index contributed by atoms with van der Waals surface area (Å²) in [5, 5.41) is 10.5. The fourth-order valence-corrected chi connectivity index (χ4v) is 4.27. The third kappa shape index (κ3) is 2.97. The Morgan fingerprint density at radius 1 is 1.18 bits per heavy atom. The SMILES string of the molecule is CCN1CCC(n2c3cccc(OCC(=O)O)c3c3c(C(N)=O)cccc32)C1. The van der Waals surface area contributed by atoms with Crippen molar-refractivity contribution in [3.05, 3.63) is 42.0 Å². The van der Waals surface area contributed by atoms with E-state index in [0.29, 0.717) is 11.3 Å². The molecule has 1 aliphatic heterocycles. The van der Waals surface area contributed by atoms with Crippen LogP contribution in [0, 0.1) is 0 Å². The fourth-order valence-electron chi connectivity index (χ4n) is 4.27. The van der Waals surface area contributed by atoms with Gasteiger partial charge >= 0.3 is 5.97 Å². The lowest BCUT2D eigenvalue weighted by Gasteiger charge is -2.17. The van der Waals surface area contributed by atoms with Crippen LogP contribution in [-0.4, -0.2) is 52.7 Å². The van der Waals surface area contributed by atoms with E-state index in [4.69, 9.17) is 15.6 Å². The molecule has 3 aromatic rings. The summed E-state index contributed by atoms with van der Waals surface area (Å²) >= 11 is 0. The largest absolute Gasteiger partial charge is 0.481 e. The number of rotatable bonds is 6. The van der Waals surface area contributed by atoms with Crippen LogP contribution in [0.3, 0.4) is 0 Å². The molecular formula is C21H23N3O4. The van der Waals surface area contributed by atoms with Gasteiger partial charge in [-0.2, -0.15) is 0 Å². The van der Waals surface area contributed by atoms with E-state index in [1.807, 2.05) is 24.3 Å². The number of likely N-dealkylation sites (tertiary alicyclic amines) is 1. The molecule has 7 nitrogen and oxygen atoms in total. The third-order valence-electron chi connectivity index (χ3n) is 5.49. The molecule has 1 atom stereocenters. The number of benzene rings is 2. The van der Waals surface area contributed by atoms with Gasteiger partial charge in [0.2, 0.25) is 5.91 Å². The summed E-state index contributed by atoms with van der Waals surface area (Å²) in [6.45, 7) is 4.64. The first-order valence-electron chi connectivity index (χ1n) is 9.43. The van der Waals surface area contributed by atoms with Crippen LogP contribution >= 0.6 is 0 Å². The zero-order valence-corrected chi connectivity index (χ0v) is 15.7. The molecule has 1 fully saturated rings. The number of aliphatic carboxylic acids is 1. The smallest absolute Gasteiger partial charge is 0.341 e. The Bertz CT molecular complexity index is 1070. The molecule has 2 heterocycles. The van der Waals surface area contributed by atoms with E-state index in [1.165, 1.54) is 0 Å². The maximum atomic E-state index is 12.1. The number of hydrogen-bond acceptors (Lipinski definition) is 4. The van der Waals surface area contributed by atoms with Crippen LogP contribution < -0.4 is 10.5 Å². The maximum Gasteiger partial charge on any atom is 0.341 e. The van der Waals surface area contributed by atoms with Crippen molar-refractivity contribution in [2.24, 2.45) is 5.73 Å². The standard InChI is InChI=1S/C21H23N3O4/c1-2-23-10-9-13(11-23)24-15-6-3-5-14(21(22)27)19(15)20-16(24)7-4-8-17(20)28-12-18(25)26/h3-8,13H,2,9-12H2,1H3,(H2,22,27)(H,25,26). The van der Waals surface area contributed by atoms with Gasteiger partial charge in [0.05, 0.1) is 16.4 Å². The highest BCUT2D eigenvalue weighted by molar-refractivity contribution is 6.19. The van der Waals surface area contributed by atoms with Gasteiger partial charge < -0.3 is 25.0 Å². The Hall–Kier alpha value is -3.06. The van der Waals surface area contributed by atoms with E-state index in [0.717, 1.165) is 47.9 Å². The second kappa shape index (κ2) is 7.16. The average molecular weight is 381 g/mol. The van der Waals surface area contributed by atoms with E-state index in [9.17, 15) is 9.59 Å². The normalized spacial score (nSPS) is 17.4. The van der Waals surface area contributed by atoms with Crippen molar-refractivity contribution >= 4 is 33.7 Å². The predicted molar refractivity (Wildman–Crippen MR) is 107 cm³/mol. The molecule has 0 radical (unpaired) electrons. The summed E-state index contributed by atoms with van der Waals surface area (Å²) in [7, 11) is 0. The van der Waals surface area contributed by atoms with Gasteiger partial charge in [0.25, 0.3) is 0 Å². The molecule has 28 heavy (non-hydrogen) atoms. The van der Waals surface area contributed by atoms with Crippen LogP contribution in [0.15, 0.2) is 36.4 Å². The molecule has 3 N–H and O–H groups in total. The number of carboxylic acid groups (broad SMARTS) is 1. The van der Waals surface area contributed by atoms with E-state index in [1.54, 1.807) is 12.1 Å². The number of carbonyl (C=O) groups excluding carboxylic acids is 1. The second-order valence-electron chi connectivity index (χ2n) is 7.10. The number of nitrogens with two attached hydrogens (primary N) is 1. The van der Waals surface area contributed by atoms with Crippen molar-refractivity contribution in [3.63, 3.8) is 0 Å². The Morgan fingerprint density at radius 2 is 1.89 bits per heavy atom. The fraction of sp³-hybridized carbons (Fsp3) is 0.333. The molecule has 1 aromatic heterocycles. The first-order chi connectivity index (χ1) is 13.5. The quantitative estimate of drug-likeness (QED) is 0.684. The molecular weight excluding hydrogens is 358 g/mol. The molecule has 2 aromatic carbocycles. The van der Waals surface area contributed by atoms with E-state index in [2.05, 4.69) is 16.4 Å². The van der Waals surface area contributed by atoms with E-state index in [-0.39, 0.29) is 6.04 Å². The Balaban J connectivity index is 2.01. The second-order valence-corrected chi connectivity index (χ2v) is 7.10. The van der Waals surface area contributed by atoms with Gasteiger partial charge in [0, 0.05) is 30.1 Å². The number of aromatic nitrogens is 1. The minimum Gasteiger partial charge on any atom is -0.481 e. The van der Waals surface area contributed by atoms with Gasteiger partial charge in [-0.3, -0.25) is 4.79 Å². The first kappa shape index (κ1) is 18.3. The highest BCUT2D eigenvalue weighted by Gasteiger charge is 2.28. The van der Waals surface area contributed by atoms with Gasteiger partial charge in [0.1, 0.15) is 5.75 Å². The van der Waals surface area contributed by atoms with Crippen LogP contribution in [0.4, 0.5) is 0 Å². The molecule has 7 heteroatoms. The molecule has 4 rings (SSSR count). The average Bonchev–Trinajstić information content (AvgIpc) is 3.27. The van der Waals surface area contributed by atoms with Gasteiger partial charge in [-0.25, -0.2) is 4.79 Å². The summed E-state index contributed by atoms with van der Waals surface area (Å²) < 4.78 is 7.82. The number of likely N-dealkylation sites (N-methyl/N-ethyl adjacent to an activating group) is 1. The highest BCUT2D eigenvalue weighted by atomic mass is 16.5. The van der Waals surface area contributed by atoms with Crippen LogP contribution in [-0.2, 0) is 4.79 Å². The van der Waals surface area contributed by atoms with Crippen molar-refractivity contribution in [2.75, 3.05) is 26.2 Å². The van der Waals surface area contributed by atoms with Gasteiger partial charge in [-0.15, -0.1) is 0 Å². The van der Waals surface area contributed by atoms with Gasteiger partial charge in [-0.05, 0) is 37.2 Å². The number of hydrogen-bond donors (Lipinski definition) is 2. The number of nitrogens with zero attached hydrogens (tertiary/aromatic N) is 2. The Morgan fingerprint density at radius 3 is 2.54 bits per heavy atom. The topological polar surface area (TPSA) is 97.8 Å². The number of carbonyl (C=O) groups is 2. The number of primary amides is 1. The van der Waals surface area contributed by atoms with Crippen LogP contribution in [0.25, 0.3) is 21.8 Å². The summed E-state index contributed by atoms with van der Waals surface area (Å²) in [5.74, 6) is -1.12. The zero-order chi connectivity index (χ0) is 19.8. The first-order valence-corrected chi connectivity index (χ1v) is 9.43. The van der Waals surface area contributed by atoms with Crippen LogP contribution in [0.5, 0.6) is 5.75 Å². The van der Waals surface area contributed by atoms with Gasteiger partial charge in [-0.1, -0.05) is 19.1 Å². The lowest BCUT2D eigenvalue weighted by atomic mass is 10.1. The van der Waals surface area contributed by atoms with Crippen LogP contribution in [0.1, 0.15) is 29.7 Å². The summed E-state index contributed by atoms with van der Waals surface area (Å²) in [4.78, 5) is 25.5. The van der Waals surface area contributed by atoms with Gasteiger partial charge in [0.15, 0.2) is 6.61 Å². The molecule has 1 amide bonds. The molecule has 146 valence electrons. The summed E-state index contributed by atoms with van der Waals surface area (Å²) in [6, 6.07) is 11.4. The van der Waals surface area contributed by atoms with Crippen LogP contribution in [0.2, 0.25) is 0 Å². The number of amides is 1. The third-order valence-corrected chi connectivity index (χ3v) is 5.49. The minimum absolute atomic E-state index is 0.262. The van der Waals surface area contributed by atoms with Crippen molar-refractivity contribution in [2.45, 2.75) is 19.4 Å². The maximum absolute atomic E-state index is 12.1. The lowest BCUT2D eigenvalue weighted by molar-refractivity contribution is -0.139. The Labute approximate surface area is 162 Å². The summed E-state index contributed by atoms with van der Waals surface area (Å²) in [6.07, 6.45) is 1.01. The molecule has 0 bridgehead atoms. The van der Waals surface area contributed by atoms with Crippen molar-refractivity contribution in [1.82, 2.24) is 9.47 Å². The highest BCUT2D eigenvalue weighted by Crippen LogP contribution is 2.40. The molecule has 0 saturated carbocycles. The van der Waals surface area contributed by atoms with E-state index < -0.39 is 18.5 Å². The molecule has 0 aliphatic carbocycles. The molecule has 0 spiro atoms. The zero-order valence-electron chi connectivity index (χ0n) is 15.7. The number of carboxylic acids is 1. The van der Waals surface area contributed by atoms with Crippen molar-refractivity contribution < 1.29 is 19.4 Å². The minimum atomic E-state index is -1.05.